The first-order chi connectivity index (χ1) is 15.3. The summed E-state index contributed by atoms with van der Waals surface area (Å²) in [4.78, 5) is 26.5. The zero-order valence-electron chi connectivity index (χ0n) is 18.0. The van der Waals surface area contributed by atoms with Crippen molar-refractivity contribution in [3.8, 4) is 0 Å². The Hall–Kier alpha value is -2.74. The van der Waals surface area contributed by atoms with Crippen LogP contribution in [0.4, 0.5) is 0 Å². The summed E-state index contributed by atoms with van der Waals surface area (Å²) in [6, 6.07) is 14.1. The van der Waals surface area contributed by atoms with Crippen LogP contribution < -0.4 is 0 Å². The van der Waals surface area contributed by atoms with Gasteiger partial charge in [0, 0.05) is 18.7 Å². The summed E-state index contributed by atoms with van der Waals surface area (Å²) in [5, 5.41) is 21.6. The molecule has 2 N–H and O–H groups in total. The Kier molecular flexibility index (Phi) is 5.08. The first kappa shape index (κ1) is 21.1. The molecule has 0 bridgehead atoms. The molecule has 3 aliphatic rings. The van der Waals surface area contributed by atoms with Crippen LogP contribution in [0.15, 0.2) is 48.5 Å². The van der Waals surface area contributed by atoms with Gasteiger partial charge in [0.2, 0.25) is 0 Å². The number of nitrogens with zero attached hydrogens (tertiary/aromatic N) is 1. The van der Waals surface area contributed by atoms with E-state index in [4.69, 9.17) is 9.47 Å². The topological polar surface area (TPSA) is 96.3 Å². The molecule has 2 atom stereocenters. The summed E-state index contributed by atoms with van der Waals surface area (Å²) in [6.45, 7) is 1.80. The standard InChI is InChI=1S/C25H27NO6/c1-31-23(28)17-4-8-20(9-5-17)24(29)10-18-12-26(13-19(18)11-24)22(27)16-2-6-21(7-3-16)25(30)14-32-15-25/h2-9,18-19,29-30H,10-15H2,1H3. The number of benzene rings is 2. The van der Waals surface area contributed by atoms with E-state index < -0.39 is 17.2 Å². The number of rotatable bonds is 4. The van der Waals surface area contributed by atoms with Crippen molar-refractivity contribution in [2.45, 2.75) is 24.0 Å². The Morgan fingerprint density at radius 2 is 1.38 bits per heavy atom. The van der Waals surface area contributed by atoms with Gasteiger partial charge in [0.05, 0.1) is 31.5 Å². The molecule has 2 aromatic carbocycles. The summed E-state index contributed by atoms with van der Waals surface area (Å²) in [7, 11) is 1.34. The fourth-order valence-electron chi connectivity index (χ4n) is 5.36. The number of carbonyl (C=O) groups is 2. The molecule has 7 heteroatoms. The minimum absolute atomic E-state index is 0.0197. The number of hydrogen-bond donors (Lipinski definition) is 2. The molecule has 168 valence electrons. The second-order valence-electron chi connectivity index (χ2n) is 9.34. The van der Waals surface area contributed by atoms with Crippen LogP contribution in [-0.4, -0.2) is 60.4 Å². The average molecular weight is 437 g/mol. The van der Waals surface area contributed by atoms with Gasteiger partial charge in [-0.3, -0.25) is 4.79 Å². The van der Waals surface area contributed by atoms with E-state index in [9.17, 15) is 19.8 Å². The van der Waals surface area contributed by atoms with Gasteiger partial charge in [0.1, 0.15) is 5.60 Å². The predicted octanol–water partition coefficient (Wildman–Crippen LogP) is 2.06. The molecule has 7 nitrogen and oxygen atoms in total. The van der Waals surface area contributed by atoms with Crippen molar-refractivity contribution in [1.29, 1.82) is 0 Å². The number of esters is 1. The van der Waals surface area contributed by atoms with Crippen LogP contribution >= 0.6 is 0 Å². The summed E-state index contributed by atoms with van der Waals surface area (Å²) < 4.78 is 9.83. The van der Waals surface area contributed by atoms with Crippen LogP contribution in [0.25, 0.3) is 0 Å². The van der Waals surface area contributed by atoms with Crippen LogP contribution in [0.1, 0.15) is 44.7 Å². The van der Waals surface area contributed by atoms with Gasteiger partial charge >= 0.3 is 5.97 Å². The fraction of sp³-hybridized carbons (Fsp3) is 0.440. The lowest BCUT2D eigenvalue weighted by atomic mass is 9.90. The van der Waals surface area contributed by atoms with E-state index in [1.807, 2.05) is 4.90 Å². The van der Waals surface area contributed by atoms with E-state index in [-0.39, 0.29) is 31.0 Å². The molecule has 32 heavy (non-hydrogen) atoms. The monoisotopic (exact) mass is 437 g/mol. The zero-order valence-corrected chi connectivity index (χ0v) is 18.0. The van der Waals surface area contributed by atoms with Gasteiger partial charge in [0.15, 0.2) is 0 Å². The van der Waals surface area contributed by atoms with Crippen molar-refractivity contribution in [2.75, 3.05) is 33.4 Å². The molecule has 1 amide bonds. The van der Waals surface area contributed by atoms with Gasteiger partial charge < -0.3 is 24.6 Å². The minimum Gasteiger partial charge on any atom is -0.465 e. The quantitative estimate of drug-likeness (QED) is 0.711. The Balaban J connectivity index is 1.23. The van der Waals surface area contributed by atoms with Crippen LogP contribution in [0.3, 0.4) is 0 Å². The molecule has 2 unspecified atom stereocenters. The Morgan fingerprint density at radius 3 is 1.84 bits per heavy atom. The van der Waals surface area contributed by atoms with Crippen LogP contribution in [-0.2, 0) is 20.7 Å². The lowest BCUT2D eigenvalue weighted by Gasteiger charge is -2.36. The summed E-state index contributed by atoms with van der Waals surface area (Å²) in [6.07, 6.45) is 1.18. The van der Waals surface area contributed by atoms with Crippen molar-refractivity contribution in [2.24, 2.45) is 11.8 Å². The third-order valence-corrected chi connectivity index (χ3v) is 7.26. The van der Waals surface area contributed by atoms with E-state index in [0.717, 1.165) is 11.1 Å². The van der Waals surface area contributed by atoms with Crippen molar-refractivity contribution in [1.82, 2.24) is 4.90 Å². The highest BCUT2D eigenvalue weighted by atomic mass is 16.5. The number of methoxy groups -OCH3 is 1. The number of aliphatic hydroxyl groups is 2. The van der Waals surface area contributed by atoms with Crippen molar-refractivity contribution in [3.63, 3.8) is 0 Å². The van der Waals surface area contributed by atoms with Crippen LogP contribution in [0.2, 0.25) is 0 Å². The molecule has 3 fully saturated rings. The molecular weight excluding hydrogens is 410 g/mol. The van der Waals surface area contributed by atoms with Gasteiger partial charge in [-0.15, -0.1) is 0 Å². The zero-order chi connectivity index (χ0) is 22.5. The molecule has 1 aliphatic carbocycles. The van der Waals surface area contributed by atoms with E-state index >= 15 is 0 Å². The Morgan fingerprint density at radius 1 is 0.875 bits per heavy atom. The highest BCUT2D eigenvalue weighted by molar-refractivity contribution is 5.94. The molecule has 0 aromatic heterocycles. The average Bonchev–Trinajstić information content (AvgIpc) is 3.32. The Labute approximate surface area is 186 Å². The maximum atomic E-state index is 13.0. The van der Waals surface area contributed by atoms with Gasteiger partial charge in [-0.1, -0.05) is 24.3 Å². The van der Waals surface area contributed by atoms with Crippen molar-refractivity contribution in [3.05, 3.63) is 70.8 Å². The van der Waals surface area contributed by atoms with E-state index in [2.05, 4.69) is 0 Å². The van der Waals surface area contributed by atoms with E-state index in [1.165, 1.54) is 7.11 Å². The molecule has 2 saturated heterocycles. The normalized spacial score (nSPS) is 28.2. The summed E-state index contributed by atoms with van der Waals surface area (Å²) in [5.41, 5.74) is 0.740. The van der Waals surface area contributed by atoms with E-state index in [1.54, 1.807) is 48.5 Å². The lowest BCUT2D eigenvalue weighted by molar-refractivity contribution is -0.184. The third-order valence-electron chi connectivity index (χ3n) is 7.26. The molecule has 2 heterocycles. The first-order valence-corrected chi connectivity index (χ1v) is 10.9. The number of hydrogen-bond acceptors (Lipinski definition) is 6. The number of amides is 1. The largest absolute Gasteiger partial charge is 0.465 e. The number of fused-ring (bicyclic) bond motifs is 1. The molecule has 2 aromatic rings. The highest BCUT2D eigenvalue weighted by Crippen LogP contribution is 2.49. The molecule has 0 radical (unpaired) electrons. The van der Waals surface area contributed by atoms with E-state index in [0.29, 0.717) is 37.1 Å². The van der Waals surface area contributed by atoms with Gasteiger partial charge in [-0.25, -0.2) is 4.79 Å². The molecular formula is C25H27NO6. The molecule has 1 saturated carbocycles. The smallest absolute Gasteiger partial charge is 0.337 e. The molecule has 0 spiro atoms. The minimum atomic E-state index is -0.943. The SMILES string of the molecule is COC(=O)c1ccc(C2(O)CC3CN(C(=O)c4ccc(C5(O)COC5)cc4)CC3C2)cc1. The maximum Gasteiger partial charge on any atom is 0.337 e. The molecule has 5 rings (SSSR count). The van der Waals surface area contributed by atoms with Crippen molar-refractivity contribution >= 4 is 11.9 Å². The second kappa shape index (κ2) is 7.69. The maximum absolute atomic E-state index is 13.0. The van der Waals surface area contributed by atoms with Gasteiger partial charge in [0.25, 0.3) is 5.91 Å². The number of likely N-dealkylation sites (tertiary alicyclic amines) is 1. The predicted molar refractivity (Wildman–Crippen MR) is 115 cm³/mol. The first-order valence-electron chi connectivity index (χ1n) is 10.9. The van der Waals surface area contributed by atoms with Crippen LogP contribution in [0.5, 0.6) is 0 Å². The second-order valence-corrected chi connectivity index (χ2v) is 9.34. The molecule has 2 aliphatic heterocycles. The van der Waals surface area contributed by atoms with Crippen LogP contribution in [0, 0.1) is 11.8 Å². The third kappa shape index (κ3) is 3.50. The Bertz CT molecular complexity index is 1010. The van der Waals surface area contributed by atoms with Crippen molar-refractivity contribution < 1.29 is 29.3 Å². The highest BCUT2D eigenvalue weighted by Gasteiger charge is 2.50. The fourth-order valence-corrected chi connectivity index (χ4v) is 5.36. The van der Waals surface area contributed by atoms with Gasteiger partial charge in [-0.2, -0.15) is 0 Å². The number of ether oxygens (including phenoxy) is 2. The summed E-state index contributed by atoms with van der Waals surface area (Å²) >= 11 is 0. The van der Waals surface area contributed by atoms with Gasteiger partial charge in [-0.05, 0) is 60.1 Å². The number of carbonyl (C=O) groups excluding carboxylic acids is 2. The lowest BCUT2D eigenvalue weighted by Crippen LogP contribution is -2.46. The summed E-state index contributed by atoms with van der Waals surface area (Å²) in [5.74, 6) is 0.0469.